The van der Waals surface area contributed by atoms with Gasteiger partial charge in [0.1, 0.15) is 5.82 Å². The van der Waals surface area contributed by atoms with Crippen LogP contribution in [-0.4, -0.2) is 12.6 Å². The van der Waals surface area contributed by atoms with E-state index < -0.39 is 0 Å². The molecule has 0 spiro atoms. The molecule has 0 amide bonds. The molecule has 0 saturated carbocycles. The van der Waals surface area contributed by atoms with Crippen LogP contribution in [0, 0.1) is 18.2 Å². The zero-order valence-electron chi connectivity index (χ0n) is 11.6. The molecule has 96 valence electrons. The molecule has 0 saturated heterocycles. The minimum absolute atomic E-state index is 0.149. The van der Waals surface area contributed by atoms with Crippen LogP contribution < -0.4 is 5.32 Å². The lowest BCUT2D eigenvalue weighted by Crippen LogP contribution is -2.35. The molecule has 0 unspecified atom stereocenters. The maximum atomic E-state index is 13.0. The number of benzene rings is 1. The van der Waals surface area contributed by atoms with Crippen LogP contribution in [0.4, 0.5) is 4.39 Å². The number of rotatable bonds is 5. The molecule has 1 aromatic carbocycles. The van der Waals surface area contributed by atoms with Crippen molar-refractivity contribution in [1.29, 1.82) is 0 Å². The average Bonchev–Trinajstić information content (AvgIpc) is 2.20. The molecule has 0 bridgehead atoms. The summed E-state index contributed by atoms with van der Waals surface area (Å²) in [6.45, 7) is 11.7. The van der Waals surface area contributed by atoms with Crippen LogP contribution in [0.1, 0.15) is 38.8 Å². The first-order chi connectivity index (χ1) is 7.80. The fourth-order valence-corrected chi connectivity index (χ4v) is 1.92. The topological polar surface area (TPSA) is 12.0 Å². The summed E-state index contributed by atoms with van der Waals surface area (Å²) in [5, 5.41) is 3.46. The van der Waals surface area contributed by atoms with Crippen molar-refractivity contribution in [3.8, 4) is 0 Å². The highest BCUT2D eigenvalue weighted by Crippen LogP contribution is 2.23. The quantitative estimate of drug-likeness (QED) is 0.823. The first kappa shape index (κ1) is 14.2. The molecule has 0 atom stereocenters. The Balaban J connectivity index is 2.68. The van der Waals surface area contributed by atoms with Gasteiger partial charge in [0.05, 0.1) is 0 Å². The summed E-state index contributed by atoms with van der Waals surface area (Å²) in [4.78, 5) is 0. The van der Waals surface area contributed by atoms with Crippen molar-refractivity contribution in [2.45, 2.75) is 47.1 Å². The Labute approximate surface area is 104 Å². The van der Waals surface area contributed by atoms with Gasteiger partial charge in [0.15, 0.2) is 0 Å². The van der Waals surface area contributed by atoms with Crippen LogP contribution in [0.2, 0.25) is 0 Å². The molecule has 0 aliphatic rings. The van der Waals surface area contributed by atoms with Gasteiger partial charge < -0.3 is 5.32 Å². The Hall–Kier alpha value is -0.890. The maximum Gasteiger partial charge on any atom is 0.123 e. The zero-order chi connectivity index (χ0) is 13.1. The van der Waals surface area contributed by atoms with Gasteiger partial charge in [0, 0.05) is 12.6 Å². The first-order valence-corrected chi connectivity index (χ1v) is 6.28. The van der Waals surface area contributed by atoms with Gasteiger partial charge in [-0.2, -0.15) is 0 Å². The highest BCUT2D eigenvalue weighted by molar-refractivity contribution is 5.27. The SMILES string of the molecule is Cc1cc(F)ccc1CC(C)(C)CNC(C)C. The van der Waals surface area contributed by atoms with Crippen molar-refractivity contribution < 1.29 is 4.39 Å². The molecule has 1 rings (SSSR count). The van der Waals surface area contributed by atoms with Gasteiger partial charge in [-0.1, -0.05) is 33.8 Å². The van der Waals surface area contributed by atoms with Crippen LogP contribution in [0.5, 0.6) is 0 Å². The standard InChI is InChI=1S/C15H24FN/c1-11(2)17-10-15(4,5)9-13-6-7-14(16)8-12(13)3/h6-8,11,17H,9-10H2,1-5H3. The van der Waals surface area contributed by atoms with Crippen LogP contribution in [0.3, 0.4) is 0 Å². The lowest BCUT2D eigenvalue weighted by molar-refractivity contribution is 0.325. The third-order valence-corrected chi connectivity index (χ3v) is 2.96. The third kappa shape index (κ3) is 4.86. The summed E-state index contributed by atoms with van der Waals surface area (Å²) in [6.07, 6.45) is 0.971. The fraction of sp³-hybridized carbons (Fsp3) is 0.600. The average molecular weight is 237 g/mol. The third-order valence-electron chi connectivity index (χ3n) is 2.96. The number of hydrogen-bond acceptors (Lipinski definition) is 1. The van der Waals surface area contributed by atoms with Crippen LogP contribution in [0.25, 0.3) is 0 Å². The van der Waals surface area contributed by atoms with Crippen LogP contribution >= 0.6 is 0 Å². The molecule has 0 heterocycles. The Morgan fingerprint density at radius 3 is 2.47 bits per heavy atom. The second-order valence-electron chi connectivity index (χ2n) is 5.95. The Morgan fingerprint density at radius 2 is 1.94 bits per heavy atom. The molecule has 0 aromatic heterocycles. The van der Waals surface area contributed by atoms with Crippen molar-refractivity contribution in [1.82, 2.24) is 5.32 Å². The summed E-state index contributed by atoms with van der Waals surface area (Å²) in [7, 11) is 0. The molecular weight excluding hydrogens is 213 g/mol. The fourth-order valence-electron chi connectivity index (χ4n) is 1.92. The van der Waals surface area contributed by atoms with E-state index in [9.17, 15) is 4.39 Å². The normalized spacial score (nSPS) is 12.2. The summed E-state index contributed by atoms with van der Waals surface area (Å²) in [5.74, 6) is -0.149. The van der Waals surface area contributed by atoms with E-state index in [4.69, 9.17) is 0 Å². The Bertz CT molecular complexity index is 369. The van der Waals surface area contributed by atoms with E-state index in [1.165, 1.54) is 5.56 Å². The second-order valence-corrected chi connectivity index (χ2v) is 5.95. The lowest BCUT2D eigenvalue weighted by atomic mass is 9.84. The van der Waals surface area contributed by atoms with Gasteiger partial charge in [-0.3, -0.25) is 0 Å². The van der Waals surface area contributed by atoms with Gasteiger partial charge in [-0.25, -0.2) is 4.39 Å². The number of nitrogens with one attached hydrogen (secondary N) is 1. The summed E-state index contributed by atoms with van der Waals surface area (Å²) < 4.78 is 13.0. The van der Waals surface area contributed by atoms with E-state index in [2.05, 4.69) is 33.0 Å². The smallest absolute Gasteiger partial charge is 0.123 e. The molecule has 1 nitrogen and oxygen atoms in total. The van der Waals surface area contributed by atoms with Gasteiger partial charge in [0.2, 0.25) is 0 Å². The van der Waals surface area contributed by atoms with Gasteiger partial charge >= 0.3 is 0 Å². The van der Waals surface area contributed by atoms with Crippen LogP contribution in [0.15, 0.2) is 18.2 Å². The zero-order valence-corrected chi connectivity index (χ0v) is 11.6. The minimum atomic E-state index is -0.149. The van der Waals surface area contributed by atoms with Gasteiger partial charge in [-0.15, -0.1) is 0 Å². The largest absolute Gasteiger partial charge is 0.314 e. The molecule has 0 radical (unpaired) electrons. The summed E-state index contributed by atoms with van der Waals surface area (Å²) >= 11 is 0. The minimum Gasteiger partial charge on any atom is -0.314 e. The van der Waals surface area contributed by atoms with Crippen LogP contribution in [-0.2, 0) is 6.42 Å². The summed E-state index contributed by atoms with van der Waals surface area (Å²) in [5.41, 5.74) is 2.47. The van der Waals surface area contributed by atoms with E-state index in [0.717, 1.165) is 18.5 Å². The monoisotopic (exact) mass is 237 g/mol. The van der Waals surface area contributed by atoms with E-state index in [0.29, 0.717) is 6.04 Å². The second kappa shape index (κ2) is 5.63. The Morgan fingerprint density at radius 1 is 1.29 bits per heavy atom. The molecule has 1 aromatic rings. The van der Waals surface area contributed by atoms with Gasteiger partial charge in [0.25, 0.3) is 0 Å². The highest BCUT2D eigenvalue weighted by Gasteiger charge is 2.19. The van der Waals surface area contributed by atoms with E-state index in [1.54, 1.807) is 12.1 Å². The van der Waals surface area contributed by atoms with Crippen molar-refractivity contribution in [3.05, 3.63) is 35.1 Å². The van der Waals surface area contributed by atoms with Crippen molar-refractivity contribution >= 4 is 0 Å². The molecular formula is C15H24FN. The van der Waals surface area contributed by atoms with E-state index >= 15 is 0 Å². The molecule has 2 heteroatoms. The van der Waals surface area contributed by atoms with Crippen molar-refractivity contribution in [2.24, 2.45) is 5.41 Å². The predicted octanol–water partition coefficient (Wildman–Crippen LogP) is 3.70. The first-order valence-electron chi connectivity index (χ1n) is 6.28. The highest BCUT2D eigenvalue weighted by atomic mass is 19.1. The number of hydrogen-bond donors (Lipinski definition) is 1. The van der Waals surface area contributed by atoms with E-state index in [1.807, 2.05) is 13.0 Å². The Kier molecular flexibility index (Phi) is 4.70. The van der Waals surface area contributed by atoms with Crippen molar-refractivity contribution in [2.75, 3.05) is 6.54 Å². The molecule has 0 fully saturated rings. The summed E-state index contributed by atoms with van der Waals surface area (Å²) in [6, 6.07) is 5.57. The number of aryl methyl sites for hydroxylation is 1. The molecule has 17 heavy (non-hydrogen) atoms. The molecule has 0 aliphatic carbocycles. The number of halogens is 1. The molecule has 0 aliphatic heterocycles. The van der Waals surface area contributed by atoms with E-state index in [-0.39, 0.29) is 11.2 Å². The predicted molar refractivity (Wildman–Crippen MR) is 71.8 cm³/mol. The van der Waals surface area contributed by atoms with Gasteiger partial charge in [-0.05, 0) is 42.0 Å². The van der Waals surface area contributed by atoms with Crippen molar-refractivity contribution in [3.63, 3.8) is 0 Å². The maximum absolute atomic E-state index is 13.0. The molecule has 1 N–H and O–H groups in total. The lowest BCUT2D eigenvalue weighted by Gasteiger charge is -2.27.